The minimum atomic E-state index is -4.43. The summed E-state index contributed by atoms with van der Waals surface area (Å²) in [5, 5.41) is 2.96. The predicted molar refractivity (Wildman–Crippen MR) is 53.0 cm³/mol. The Bertz CT molecular complexity index is 340. The highest BCUT2D eigenvalue weighted by Crippen LogP contribution is 2.30. The lowest BCUT2D eigenvalue weighted by molar-refractivity contribution is -0.141. The molecule has 84 valence electrons. The first-order valence-electron chi connectivity index (χ1n) is 4.21. The minimum absolute atomic E-state index is 0.0108. The zero-order chi connectivity index (χ0) is 11.5. The van der Waals surface area contributed by atoms with Crippen molar-refractivity contribution in [1.29, 1.82) is 0 Å². The van der Waals surface area contributed by atoms with E-state index in [2.05, 4.69) is 15.3 Å². The lowest BCUT2D eigenvalue weighted by atomic mass is 10.4. The molecule has 0 fully saturated rings. The van der Waals surface area contributed by atoms with E-state index < -0.39 is 11.9 Å². The summed E-state index contributed by atoms with van der Waals surface area (Å²) in [6.45, 7) is 2.25. The van der Waals surface area contributed by atoms with E-state index in [0.717, 1.165) is 17.8 Å². The van der Waals surface area contributed by atoms with Crippen LogP contribution in [0.1, 0.15) is 12.6 Å². The molecule has 0 aromatic carbocycles. The molecule has 0 spiro atoms. The molecule has 0 aliphatic rings. The van der Waals surface area contributed by atoms with Crippen LogP contribution in [0.15, 0.2) is 11.1 Å². The molecule has 0 amide bonds. The Morgan fingerprint density at radius 2 is 2.07 bits per heavy atom. The summed E-state index contributed by atoms with van der Waals surface area (Å²) >= 11 is 1.15. The van der Waals surface area contributed by atoms with Gasteiger partial charge in [-0.1, -0.05) is 0 Å². The molecule has 1 heterocycles. The monoisotopic (exact) mass is 237 g/mol. The average molecular weight is 237 g/mol. The number of anilines is 1. The van der Waals surface area contributed by atoms with Crippen LogP contribution in [0, 0.1) is 0 Å². The zero-order valence-corrected chi connectivity index (χ0v) is 9.04. The Kier molecular flexibility index (Phi) is 3.78. The van der Waals surface area contributed by atoms with Gasteiger partial charge in [0.05, 0.1) is 0 Å². The second-order valence-electron chi connectivity index (χ2n) is 2.65. The Balaban J connectivity index is 3.11. The molecule has 1 rings (SSSR count). The number of hydrogen-bond donors (Lipinski definition) is 1. The number of nitrogens with zero attached hydrogens (tertiary/aromatic N) is 2. The van der Waals surface area contributed by atoms with E-state index in [1.165, 1.54) is 0 Å². The van der Waals surface area contributed by atoms with Crippen LogP contribution in [0.2, 0.25) is 0 Å². The Morgan fingerprint density at radius 1 is 1.40 bits per heavy atom. The first-order valence-corrected chi connectivity index (χ1v) is 5.44. The highest BCUT2D eigenvalue weighted by atomic mass is 32.2. The molecule has 1 aromatic heterocycles. The molecular weight excluding hydrogens is 227 g/mol. The quantitative estimate of drug-likeness (QED) is 0.648. The molecule has 0 bridgehead atoms. The van der Waals surface area contributed by atoms with Crippen LogP contribution in [-0.2, 0) is 6.18 Å². The Labute approximate surface area is 89.5 Å². The van der Waals surface area contributed by atoms with E-state index in [1.807, 2.05) is 0 Å². The van der Waals surface area contributed by atoms with Crippen molar-refractivity contribution in [3.05, 3.63) is 11.8 Å². The molecule has 15 heavy (non-hydrogen) atoms. The standard InChI is InChI=1S/C8H10F3N3S/c1-3-12-7-13-5(8(9,10)11)4-6(14-7)15-2/h4H,3H2,1-2H3,(H,12,13,14). The molecule has 0 saturated carbocycles. The van der Waals surface area contributed by atoms with Crippen LogP contribution < -0.4 is 5.32 Å². The summed E-state index contributed by atoms with van der Waals surface area (Å²) in [5.41, 5.74) is -0.919. The number of halogens is 3. The van der Waals surface area contributed by atoms with Crippen LogP contribution in [0.25, 0.3) is 0 Å². The maximum absolute atomic E-state index is 12.4. The van der Waals surface area contributed by atoms with Gasteiger partial charge in [-0.2, -0.15) is 13.2 Å². The smallest absolute Gasteiger partial charge is 0.354 e. The van der Waals surface area contributed by atoms with Crippen molar-refractivity contribution in [2.45, 2.75) is 18.1 Å². The maximum Gasteiger partial charge on any atom is 0.433 e. The van der Waals surface area contributed by atoms with Gasteiger partial charge in [-0.25, -0.2) is 9.97 Å². The zero-order valence-electron chi connectivity index (χ0n) is 8.22. The fraction of sp³-hybridized carbons (Fsp3) is 0.500. The van der Waals surface area contributed by atoms with Crippen LogP contribution in [-0.4, -0.2) is 22.8 Å². The number of alkyl halides is 3. The normalized spacial score (nSPS) is 11.5. The summed E-state index contributed by atoms with van der Waals surface area (Å²) in [6, 6.07) is 0.936. The van der Waals surface area contributed by atoms with Gasteiger partial charge in [-0.15, -0.1) is 11.8 Å². The van der Waals surface area contributed by atoms with Gasteiger partial charge in [-0.3, -0.25) is 0 Å². The second kappa shape index (κ2) is 4.69. The van der Waals surface area contributed by atoms with Crippen LogP contribution >= 0.6 is 11.8 Å². The molecule has 0 saturated heterocycles. The molecule has 0 atom stereocenters. The summed E-state index contributed by atoms with van der Waals surface area (Å²) in [5.74, 6) is 0.0108. The SMILES string of the molecule is CCNc1nc(SC)cc(C(F)(F)F)n1. The van der Waals surface area contributed by atoms with E-state index in [1.54, 1.807) is 13.2 Å². The van der Waals surface area contributed by atoms with Gasteiger partial charge < -0.3 is 5.32 Å². The van der Waals surface area contributed by atoms with Gasteiger partial charge in [0.25, 0.3) is 0 Å². The van der Waals surface area contributed by atoms with Gasteiger partial charge in [0.2, 0.25) is 5.95 Å². The maximum atomic E-state index is 12.4. The van der Waals surface area contributed by atoms with Gasteiger partial charge >= 0.3 is 6.18 Å². The fourth-order valence-electron chi connectivity index (χ4n) is 0.912. The summed E-state index contributed by atoms with van der Waals surface area (Å²) in [4.78, 5) is 7.28. The van der Waals surface area contributed by atoms with Crippen LogP contribution in [0.3, 0.4) is 0 Å². The molecule has 7 heteroatoms. The third-order valence-corrected chi connectivity index (χ3v) is 2.16. The van der Waals surface area contributed by atoms with E-state index in [0.29, 0.717) is 11.6 Å². The Hall–Kier alpha value is -0.980. The second-order valence-corrected chi connectivity index (χ2v) is 3.47. The number of thioether (sulfide) groups is 1. The number of rotatable bonds is 3. The molecular formula is C8H10F3N3S. The lowest BCUT2D eigenvalue weighted by Crippen LogP contribution is -2.12. The first kappa shape index (κ1) is 12.1. The van der Waals surface area contributed by atoms with Gasteiger partial charge in [-0.05, 0) is 13.2 Å². The molecule has 0 aliphatic heterocycles. The van der Waals surface area contributed by atoms with Gasteiger partial charge in [0.1, 0.15) is 5.03 Å². The molecule has 0 radical (unpaired) electrons. The van der Waals surface area contributed by atoms with Crippen molar-refractivity contribution < 1.29 is 13.2 Å². The number of aromatic nitrogens is 2. The van der Waals surface area contributed by atoms with Gasteiger partial charge in [0, 0.05) is 12.6 Å². The van der Waals surface area contributed by atoms with Crippen molar-refractivity contribution in [3.8, 4) is 0 Å². The summed E-state index contributed by atoms with van der Waals surface area (Å²) < 4.78 is 37.2. The average Bonchev–Trinajstić information content (AvgIpc) is 2.16. The highest BCUT2D eigenvalue weighted by Gasteiger charge is 2.33. The lowest BCUT2D eigenvalue weighted by Gasteiger charge is -2.09. The first-order chi connectivity index (χ1) is 6.97. The number of nitrogens with one attached hydrogen (secondary N) is 1. The third-order valence-electron chi connectivity index (χ3n) is 1.54. The van der Waals surface area contributed by atoms with Crippen molar-refractivity contribution in [3.63, 3.8) is 0 Å². The van der Waals surface area contributed by atoms with Crippen LogP contribution in [0.4, 0.5) is 19.1 Å². The summed E-state index contributed by atoms with van der Waals surface area (Å²) in [7, 11) is 0. The molecule has 3 nitrogen and oxygen atoms in total. The topological polar surface area (TPSA) is 37.8 Å². The van der Waals surface area contributed by atoms with Gasteiger partial charge in [0.15, 0.2) is 5.69 Å². The molecule has 1 aromatic rings. The van der Waals surface area contributed by atoms with Crippen molar-refractivity contribution in [2.75, 3.05) is 18.1 Å². The molecule has 0 unspecified atom stereocenters. The van der Waals surface area contributed by atoms with E-state index in [9.17, 15) is 13.2 Å². The van der Waals surface area contributed by atoms with E-state index in [-0.39, 0.29) is 5.95 Å². The fourth-order valence-corrected chi connectivity index (χ4v) is 1.32. The third kappa shape index (κ3) is 3.26. The molecule has 1 N–H and O–H groups in total. The van der Waals surface area contributed by atoms with Crippen molar-refractivity contribution >= 4 is 17.7 Å². The van der Waals surface area contributed by atoms with Crippen molar-refractivity contribution in [1.82, 2.24) is 9.97 Å². The van der Waals surface area contributed by atoms with E-state index >= 15 is 0 Å². The summed E-state index contributed by atoms with van der Waals surface area (Å²) in [6.07, 6.45) is -2.77. The largest absolute Gasteiger partial charge is 0.433 e. The predicted octanol–water partition coefficient (Wildman–Crippen LogP) is 2.65. The van der Waals surface area contributed by atoms with Crippen molar-refractivity contribution in [2.24, 2.45) is 0 Å². The minimum Gasteiger partial charge on any atom is -0.354 e. The van der Waals surface area contributed by atoms with E-state index in [4.69, 9.17) is 0 Å². The highest BCUT2D eigenvalue weighted by molar-refractivity contribution is 7.98. The molecule has 0 aliphatic carbocycles. The Morgan fingerprint density at radius 3 is 2.53 bits per heavy atom. The van der Waals surface area contributed by atoms with Crippen LogP contribution in [0.5, 0.6) is 0 Å². The number of hydrogen-bond acceptors (Lipinski definition) is 4.